The second kappa shape index (κ2) is 12.7. The number of aromatic nitrogens is 3. The first kappa shape index (κ1) is 31.6. The first-order chi connectivity index (χ1) is 18.6. The summed E-state index contributed by atoms with van der Waals surface area (Å²) in [5.41, 5.74) is 11.0. The largest absolute Gasteiger partial charge is 0.367 e. The zero-order chi connectivity index (χ0) is 29.8. The molecule has 0 amide bonds. The Morgan fingerprint density at radius 2 is 1.73 bits per heavy atom. The molecular formula is C31H45F3N6. The lowest BCUT2D eigenvalue weighted by molar-refractivity contribution is -0.108. The lowest BCUT2D eigenvalue weighted by atomic mass is 9.76. The molecule has 3 aromatic rings. The number of aryl methyl sites for hydroxylation is 2. The molecule has 1 aliphatic heterocycles. The quantitative estimate of drug-likeness (QED) is 0.329. The van der Waals surface area contributed by atoms with Gasteiger partial charge < -0.3 is 5.73 Å². The molecule has 3 heterocycles. The molecule has 2 fully saturated rings. The van der Waals surface area contributed by atoms with Crippen LogP contribution >= 0.6 is 0 Å². The summed E-state index contributed by atoms with van der Waals surface area (Å²) in [5.74, 6) is -1.73. The zero-order valence-corrected chi connectivity index (χ0v) is 25.3. The van der Waals surface area contributed by atoms with Crippen LogP contribution in [0.2, 0.25) is 0 Å². The van der Waals surface area contributed by atoms with E-state index in [1.807, 2.05) is 44.7 Å². The molecule has 0 spiro atoms. The number of nitrogen functional groups attached to an aromatic ring is 1. The number of nitrogens with two attached hydrogens (primary N) is 1. The molecule has 1 saturated carbocycles. The van der Waals surface area contributed by atoms with Gasteiger partial charge in [-0.05, 0) is 102 Å². The van der Waals surface area contributed by atoms with Crippen molar-refractivity contribution in [3.63, 3.8) is 0 Å². The molecule has 2 N–H and O–H groups in total. The first-order valence-corrected chi connectivity index (χ1v) is 14.2. The lowest BCUT2D eigenvalue weighted by Gasteiger charge is -2.50. The average molecular weight is 559 g/mol. The number of fused-ring (bicyclic) bond motifs is 1. The molecule has 40 heavy (non-hydrogen) atoms. The standard InChI is InChI=1S/C17H18FN5.C10H17F2N.C4H10/c1-9(2)20-15-10(3)7-12(8-14(15)18)13-5-6-23-16(13)11(4)21-17(19)22-23;1-9(4-2-5-9)13-7-3-6-10(11,12)8-13;1-4(2)3/h5-8H,1-4H3,(H2,19,22);2-8H2,1H3;4H,1-3H3. The summed E-state index contributed by atoms with van der Waals surface area (Å²) in [4.78, 5) is 10.5. The van der Waals surface area contributed by atoms with Gasteiger partial charge in [-0.15, -0.1) is 5.10 Å². The van der Waals surface area contributed by atoms with E-state index in [0.717, 1.165) is 58.9 Å². The van der Waals surface area contributed by atoms with Crippen molar-refractivity contribution in [2.45, 2.75) is 99.0 Å². The number of hydrogen-bond donors (Lipinski definition) is 1. The predicted octanol–water partition coefficient (Wildman–Crippen LogP) is 8.17. The number of halogens is 3. The molecular weight excluding hydrogens is 513 g/mol. The third-order valence-electron chi connectivity index (χ3n) is 7.19. The third kappa shape index (κ3) is 7.83. The lowest BCUT2D eigenvalue weighted by Crippen LogP contribution is -2.57. The molecule has 1 aromatic carbocycles. The Hall–Kier alpha value is -2.94. The fraction of sp³-hybridized carbons (Fsp3) is 0.581. The van der Waals surface area contributed by atoms with Gasteiger partial charge >= 0.3 is 0 Å². The molecule has 0 bridgehead atoms. The topological polar surface area (TPSA) is 71.8 Å². The van der Waals surface area contributed by atoms with E-state index in [0.29, 0.717) is 12.1 Å². The van der Waals surface area contributed by atoms with Crippen molar-refractivity contribution in [3.8, 4) is 11.1 Å². The third-order valence-corrected chi connectivity index (χ3v) is 7.19. The second-order valence-electron chi connectivity index (χ2n) is 12.2. The monoisotopic (exact) mass is 558 g/mol. The summed E-state index contributed by atoms with van der Waals surface area (Å²) in [6.45, 7) is 16.9. The maximum Gasteiger partial charge on any atom is 0.260 e. The summed E-state index contributed by atoms with van der Waals surface area (Å²) in [5, 5.41) is 4.15. The molecule has 9 heteroatoms. The smallest absolute Gasteiger partial charge is 0.260 e. The number of alkyl halides is 2. The summed E-state index contributed by atoms with van der Waals surface area (Å²) in [6.07, 6.45) is 5.94. The van der Waals surface area contributed by atoms with Crippen molar-refractivity contribution in [3.05, 3.63) is 41.5 Å². The highest BCUT2D eigenvalue weighted by molar-refractivity contribution is 5.85. The number of piperidine rings is 1. The van der Waals surface area contributed by atoms with Crippen LogP contribution in [0.1, 0.15) is 84.9 Å². The maximum absolute atomic E-state index is 14.5. The van der Waals surface area contributed by atoms with E-state index in [4.69, 9.17) is 5.73 Å². The van der Waals surface area contributed by atoms with Gasteiger partial charge in [0.05, 0.1) is 17.8 Å². The van der Waals surface area contributed by atoms with Gasteiger partial charge in [0.2, 0.25) is 5.95 Å². The van der Waals surface area contributed by atoms with Gasteiger partial charge in [0.15, 0.2) is 0 Å². The Morgan fingerprint density at radius 1 is 1.07 bits per heavy atom. The second-order valence-corrected chi connectivity index (χ2v) is 12.2. The summed E-state index contributed by atoms with van der Waals surface area (Å²) in [6, 6.07) is 5.31. The van der Waals surface area contributed by atoms with Gasteiger partial charge in [0.1, 0.15) is 11.5 Å². The van der Waals surface area contributed by atoms with Gasteiger partial charge in [-0.1, -0.05) is 20.8 Å². The van der Waals surface area contributed by atoms with Crippen molar-refractivity contribution in [1.29, 1.82) is 0 Å². The highest BCUT2D eigenvalue weighted by Gasteiger charge is 2.45. The minimum atomic E-state index is -2.43. The van der Waals surface area contributed by atoms with Crippen LogP contribution in [-0.2, 0) is 0 Å². The van der Waals surface area contributed by atoms with Crippen LogP contribution in [0.5, 0.6) is 0 Å². The van der Waals surface area contributed by atoms with Crippen molar-refractivity contribution < 1.29 is 13.2 Å². The molecule has 0 radical (unpaired) electrons. The van der Waals surface area contributed by atoms with Crippen molar-refractivity contribution >= 4 is 22.9 Å². The van der Waals surface area contributed by atoms with E-state index in [2.05, 4.69) is 42.8 Å². The fourth-order valence-electron chi connectivity index (χ4n) is 5.15. The predicted molar refractivity (Wildman–Crippen MR) is 159 cm³/mol. The Morgan fingerprint density at radius 3 is 2.25 bits per heavy atom. The van der Waals surface area contributed by atoms with Gasteiger partial charge in [0, 0.05) is 29.4 Å². The average Bonchev–Trinajstić information content (AvgIpc) is 3.23. The van der Waals surface area contributed by atoms with Crippen LogP contribution in [0.15, 0.2) is 29.4 Å². The Labute approximate surface area is 236 Å². The van der Waals surface area contributed by atoms with Gasteiger partial charge in [-0.2, -0.15) is 0 Å². The van der Waals surface area contributed by atoms with Crippen LogP contribution in [0.25, 0.3) is 16.6 Å². The van der Waals surface area contributed by atoms with E-state index in [9.17, 15) is 13.2 Å². The molecule has 2 aromatic heterocycles. The molecule has 6 nitrogen and oxygen atoms in total. The molecule has 2 aliphatic rings. The molecule has 5 rings (SSSR count). The van der Waals surface area contributed by atoms with E-state index in [1.165, 1.54) is 12.5 Å². The Kier molecular flexibility index (Phi) is 10.0. The number of anilines is 1. The number of benzene rings is 1. The van der Waals surface area contributed by atoms with Crippen LogP contribution in [0.4, 0.5) is 24.8 Å². The highest BCUT2D eigenvalue weighted by Crippen LogP contribution is 2.41. The summed E-state index contributed by atoms with van der Waals surface area (Å²) >= 11 is 0. The van der Waals surface area contributed by atoms with Gasteiger partial charge in [-0.25, -0.2) is 22.7 Å². The van der Waals surface area contributed by atoms with E-state index >= 15 is 0 Å². The van der Waals surface area contributed by atoms with E-state index < -0.39 is 5.92 Å². The number of aliphatic imine (C=N–C) groups is 1. The number of likely N-dealkylation sites (tertiary alicyclic amines) is 1. The van der Waals surface area contributed by atoms with Crippen LogP contribution in [-0.4, -0.2) is 49.8 Å². The van der Waals surface area contributed by atoms with Gasteiger partial charge in [-0.3, -0.25) is 9.89 Å². The SMILES string of the molecule is CC(C)=Nc1c(C)cc(-c2ccn3nc(N)nc(C)c23)cc1F.CC(C)C.CC1(N2CCCC(F)(F)C2)CCC1. The molecule has 0 atom stereocenters. The Bertz CT molecular complexity index is 1310. The van der Waals surface area contributed by atoms with Crippen molar-refractivity contribution in [2.24, 2.45) is 10.9 Å². The molecule has 220 valence electrons. The number of nitrogens with zero attached hydrogens (tertiary/aromatic N) is 5. The Balaban J connectivity index is 0.000000218. The minimum Gasteiger partial charge on any atom is -0.367 e. The van der Waals surface area contributed by atoms with Crippen LogP contribution in [0.3, 0.4) is 0 Å². The minimum absolute atomic E-state index is 0.0104. The zero-order valence-electron chi connectivity index (χ0n) is 25.3. The molecule has 1 saturated heterocycles. The van der Waals surface area contributed by atoms with Crippen LogP contribution in [0, 0.1) is 25.6 Å². The number of hydrogen-bond acceptors (Lipinski definition) is 5. The normalized spacial score (nSPS) is 17.8. The van der Waals surface area contributed by atoms with E-state index in [-0.39, 0.29) is 30.3 Å². The number of rotatable bonds is 3. The fourth-order valence-corrected chi connectivity index (χ4v) is 5.15. The van der Waals surface area contributed by atoms with Crippen LogP contribution < -0.4 is 5.73 Å². The molecule has 0 unspecified atom stereocenters. The summed E-state index contributed by atoms with van der Waals surface area (Å²) < 4.78 is 42.3. The van der Waals surface area contributed by atoms with Crippen molar-refractivity contribution in [2.75, 3.05) is 18.8 Å². The maximum atomic E-state index is 14.5. The molecule has 1 aliphatic carbocycles. The first-order valence-electron chi connectivity index (χ1n) is 14.2. The summed E-state index contributed by atoms with van der Waals surface area (Å²) in [7, 11) is 0. The highest BCUT2D eigenvalue weighted by atomic mass is 19.3. The van der Waals surface area contributed by atoms with E-state index in [1.54, 1.807) is 10.7 Å². The van der Waals surface area contributed by atoms with Gasteiger partial charge in [0.25, 0.3) is 5.92 Å². The van der Waals surface area contributed by atoms with Crippen molar-refractivity contribution in [1.82, 2.24) is 19.5 Å².